The lowest BCUT2D eigenvalue weighted by Gasteiger charge is -2.09. The molecule has 1 amide bonds. The number of benzene rings is 2. The van der Waals surface area contributed by atoms with Gasteiger partial charge in [-0.3, -0.25) is 4.79 Å². The molecule has 0 spiro atoms. The van der Waals surface area contributed by atoms with Crippen LogP contribution in [0.3, 0.4) is 0 Å². The van der Waals surface area contributed by atoms with E-state index in [2.05, 4.69) is 35.5 Å². The number of carbonyl (C=O) groups excluding carboxylic acids is 1. The van der Waals surface area contributed by atoms with Crippen molar-refractivity contribution >= 4 is 33.8 Å². The van der Waals surface area contributed by atoms with Gasteiger partial charge >= 0.3 is 0 Å². The van der Waals surface area contributed by atoms with Crippen LogP contribution in [-0.2, 0) is 0 Å². The molecular weight excluding hydrogens is 358 g/mol. The second-order valence-corrected chi connectivity index (χ2v) is 7.52. The van der Waals surface area contributed by atoms with Crippen LogP contribution in [-0.4, -0.2) is 18.0 Å². The number of carbonyl (C=O) groups is 1. The number of rotatable bonds is 6. The SMILES string of the molecule is COc1cccc(Nc2nc(C)c(C(=O)Nc3cccc(C(C)C)c3)s2)c1. The number of nitrogens with one attached hydrogen (secondary N) is 2. The zero-order valence-electron chi connectivity index (χ0n) is 15.9. The molecule has 0 saturated heterocycles. The van der Waals surface area contributed by atoms with Gasteiger partial charge in [0.1, 0.15) is 10.6 Å². The molecule has 5 nitrogen and oxygen atoms in total. The minimum absolute atomic E-state index is 0.149. The number of thiazole rings is 1. The van der Waals surface area contributed by atoms with E-state index in [0.717, 1.165) is 17.1 Å². The van der Waals surface area contributed by atoms with Crippen molar-refractivity contribution in [2.45, 2.75) is 26.7 Å². The third-order valence-electron chi connectivity index (χ3n) is 4.13. The van der Waals surface area contributed by atoms with Crippen molar-refractivity contribution in [3.05, 3.63) is 64.7 Å². The van der Waals surface area contributed by atoms with Crippen molar-refractivity contribution in [2.75, 3.05) is 17.7 Å². The zero-order chi connectivity index (χ0) is 19.4. The predicted octanol–water partition coefficient (Wildman–Crippen LogP) is 5.58. The van der Waals surface area contributed by atoms with Crippen LogP contribution in [0.2, 0.25) is 0 Å². The van der Waals surface area contributed by atoms with E-state index in [4.69, 9.17) is 4.74 Å². The van der Waals surface area contributed by atoms with Gasteiger partial charge in [-0.05, 0) is 42.7 Å². The van der Waals surface area contributed by atoms with E-state index >= 15 is 0 Å². The first-order valence-electron chi connectivity index (χ1n) is 8.76. The summed E-state index contributed by atoms with van der Waals surface area (Å²) in [5.41, 5.74) is 3.54. The summed E-state index contributed by atoms with van der Waals surface area (Å²) in [6.45, 7) is 6.10. The Morgan fingerprint density at radius 1 is 1.11 bits per heavy atom. The third kappa shape index (κ3) is 4.65. The summed E-state index contributed by atoms with van der Waals surface area (Å²) >= 11 is 1.33. The number of aromatic nitrogens is 1. The highest BCUT2D eigenvalue weighted by Crippen LogP contribution is 2.28. The van der Waals surface area contributed by atoms with Crippen molar-refractivity contribution in [3.8, 4) is 5.75 Å². The fraction of sp³-hybridized carbons (Fsp3) is 0.238. The van der Waals surface area contributed by atoms with Crippen LogP contribution in [0.25, 0.3) is 0 Å². The summed E-state index contributed by atoms with van der Waals surface area (Å²) in [6, 6.07) is 15.5. The highest BCUT2D eigenvalue weighted by atomic mass is 32.1. The van der Waals surface area contributed by atoms with Gasteiger partial charge in [-0.2, -0.15) is 0 Å². The summed E-state index contributed by atoms with van der Waals surface area (Å²) in [6.07, 6.45) is 0. The molecule has 27 heavy (non-hydrogen) atoms. The Bertz CT molecular complexity index is 950. The predicted molar refractivity (Wildman–Crippen MR) is 112 cm³/mol. The first-order valence-corrected chi connectivity index (χ1v) is 9.57. The van der Waals surface area contributed by atoms with E-state index in [9.17, 15) is 4.79 Å². The Kier molecular flexibility index (Phi) is 5.76. The fourth-order valence-electron chi connectivity index (χ4n) is 2.65. The summed E-state index contributed by atoms with van der Waals surface area (Å²) < 4.78 is 5.23. The topological polar surface area (TPSA) is 63.2 Å². The average molecular weight is 382 g/mol. The lowest BCUT2D eigenvalue weighted by atomic mass is 10.0. The Hall–Kier alpha value is -2.86. The minimum Gasteiger partial charge on any atom is -0.497 e. The van der Waals surface area contributed by atoms with Gasteiger partial charge in [0.05, 0.1) is 12.8 Å². The van der Waals surface area contributed by atoms with Gasteiger partial charge in [-0.15, -0.1) is 0 Å². The quantitative estimate of drug-likeness (QED) is 0.585. The molecule has 0 saturated carbocycles. The lowest BCUT2D eigenvalue weighted by Crippen LogP contribution is -2.11. The molecule has 0 bridgehead atoms. The van der Waals surface area contributed by atoms with Crippen molar-refractivity contribution in [1.29, 1.82) is 0 Å². The van der Waals surface area contributed by atoms with E-state index in [0.29, 0.717) is 21.6 Å². The normalized spacial score (nSPS) is 10.7. The number of methoxy groups -OCH3 is 1. The molecule has 1 aromatic heterocycles. The fourth-order valence-corrected chi connectivity index (χ4v) is 3.53. The van der Waals surface area contributed by atoms with Gasteiger partial charge in [0.2, 0.25) is 0 Å². The molecule has 0 aliphatic carbocycles. The molecule has 2 N–H and O–H groups in total. The van der Waals surface area contributed by atoms with Crippen LogP contribution in [0.1, 0.15) is 40.7 Å². The van der Waals surface area contributed by atoms with Gasteiger partial charge in [0.25, 0.3) is 5.91 Å². The zero-order valence-corrected chi connectivity index (χ0v) is 16.7. The standard InChI is InChI=1S/C21H23N3O2S/c1-13(2)15-7-5-8-16(11-15)23-20(25)19-14(3)22-21(27-19)24-17-9-6-10-18(12-17)26-4/h5-13H,1-4H3,(H,22,24)(H,23,25). The maximum absolute atomic E-state index is 12.7. The smallest absolute Gasteiger partial charge is 0.267 e. The Morgan fingerprint density at radius 2 is 1.85 bits per heavy atom. The number of hydrogen-bond donors (Lipinski definition) is 2. The molecule has 0 fully saturated rings. The van der Waals surface area contributed by atoms with Gasteiger partial charge < -0.3 is 15.4 Å². The maximum atomic E-state index is 12.7. The first kappa shape index (κ1) is 18.9. The van der Waals surface area contributed by atoms with E-state index in [1.165, 1.54) is 16.9 Å². The van der Waals surface area contributed by atoms with Gasteiger partial charge in [0, 0.05) is 17.4 Å². The van der Waals surface area contributed by atoms with Crippen LogP contribution in [0, 0.1) is 6.92 Å². The molecular formula is C21H23N3O2S. The molecule has 0 aliphatic rings. The second-order valence-electron chi connectivity index (χ2n) is 6.52. The van der Waals surface area contributed by atoms with Gasteiger partial charge in [-0.1, -0.05) is 43.4 Å². The van der Waals surface area contributed by atoms with E-state index in [1.807, 2.05) is 49.4 Å². The molecule has 0 unspecified atom stereocenters. The lowest BCUT2D eigenvalue weighted by molar-refractivity contribution is 0.103. The summed E-state index contributed by atoms with van der Waals surface area (Å²) in [4.78, 5) is 17.8. The highest BCUT2D eigenvalue weighted by Gasteiger charge is 2.16. The molecule has 3 aromatic rings. The highest BCUT2D eigenvalue weighted by molar-refractivity contribution is 7.17. The first-order chi connectivity index (χ1) is 13.0. The molecule has 6 heteroatoms. The van der Waals surface area contributed by atoms with Gasteiger partial charge in [0.15, 0.2) is 5.13 Å². The number of amides is 1. The molecule has 0 radical (unpaired) electrons. The molecule has 0 aliphatic heterocycles. The average Bonchev–Trinajstić information content (AvgIpc) is 3.02. The van der Waals surface area contributed by atoms with Crippen molar-refractivity contribution < 1.29 is 9.53 Å². The number of nitrogens with zero attached hydrogens (tertiary/aromatic N) is 1. The largest absolute Gasteiger partial charge is 0.497 e. The number of ether oxygens (including phenoxy) is 1. The van der Waals surface area contributed by atoms with Crippen LogP contribution in [0.5, 0.6) is 5.75 Å². The van der Waals surface area contributed by atoms with Crippen molar-refractivity contribution in [2.24, 2.45) is 0 Å². The molecule has 3 rings (SSSR count). The summed E-state index contributed by atoms with van der Waals surface area (Å²) in [5, 5.41) is 6.87. The monoisotopic (exact) mass is 381 g/mol. The maximum Gasteiger partial charge on any atom is 0.267 e. The van der Waals surface area contributed by atoms with Crippen LogP contribution in [0.15, 0.2) is 48.5 Å². The molecule has 140 valence electrons. The van der Waals surface area contributed by atoms with E-state index in [-0.39, 0.29) is 5.91 Å². The number of hydrogen-bond acceptors (Lipinski definition) is 5. The van der Waals surface area contributed by atoms with Crippen LogP contribution < -0.4 is 15.4 Å². The van der Waals surface area contributed by atoms with Crippen molar-refractivity contribution in [3.63, 3.8) is 0 Å². The van der Waals surface area contributed by atoms with Crippen LogP contribution >= 0.6 is 11.3 Å². The molecule has 2 aromatic carbocycles. The molecule has 0 atom stereocenters. The van der Waals surface area contributed by atoms with Crippen LogP contribution in [0.4, 0.5) is 16.5 Å². The van der Waals surface area contributed by atoms with E-state index in [1.54, 1.807) is 7.11 Å². The summed E-state index contributed by atoms with van der Waals surface area (Å²) in [7, 11) is 1.63. The second kappa shape index (κ2) is 8.22. The van der Waals surface area contributed by atoms with Gasteiger partial charge in [-0.25, -0.2) is 4.98 Å². The van der Waals surface area contributed by atoms with Crippen molar-refractivity contribution in [1.82, 2.24) is 4.98 Å². The molecule has 1 heterocycles. The van der Waals surface area contributed by atoms with E-state index < -0.39 is 0 Å². The summed E-state index contributed by atoms with van der Waals surface area (Å²) in [5.74, 6) is 1.02. The Morgan fingerprint density at radius 3 is 2.59 bits per heavy atom. The Labute approximate surface area is 163 Å². The number of anilines is 3. The Balaban J connectivity index is 1.75. The number of aryl methyl sites for hydroxylation is 1. The third-order valence-corrected chi connectivity index (χ3v) is 5.21. The minimum atomic E-state index is -0.149.